The third-order valence-corrected chi connectivity index (χ3v) is 5.75. The largest absolute Gasteiger partial charge is 0.478 e. The average Bonchev–Trinajstić information content (AvgIpc) is 2.72. The Labute approximate surface area is 173 Å². The summed E-state index contributed by atoms with van der Waals surface area (Å²) in [7, 11) is 0. The number of unbranched alkanes of at least 4 members (excludes halogenated alkanes) is 1. The van der Waals surface area contributed by atoms with Crippen LogP contribution in [0, 0.1) is 29.2 Å². The van der Waals surface area contributed by atoms with E-state index in [4.69, 9.17) is 0 Å². The van der Waals surface area contributed by atoms with Crippen LogP contribution < -0.4 is 0 Å². The molecule has 1 aliphatic rings. The minimum Gasteiger partial charge on any atom is -0.478 e. The average molecular weight is 420 g/mol. The molecular weight excluding hydrogens is 396 g/mol. The molecule has 0 aromatic heterocycles. The maximum absolute atomic E-state index is 15.1. The van der Waals surface area contributed by atoms with Gasteiger partial charge in [-0.15, -0.1) is 0 Å². The van der Waals surface area contributed by atoms with Crippen LogP contribution in [0.15, 0.2) is 36.4 Å². The van der Waals surface area contributed by atoms with Gasteiger partial charge in [0.15, 0.2) is 17.5 Å². The first-order valence-electron chi connectivity index (χ1n) is 10.2. The number of aromatic carboxylic acids is 1. The van der Waals surface area contributed by atoms with E-state index in [2.05, 4.69) is 19.1 Å². The first-order valence-corrected chi connectivity index (χ1v) is 10.2. The zero-order valence-electron chi connectivity index (χ0n) is 16.7. The topological polar surface area (TPSA) is 37.3 Å². The summed E-state index contributed by atoms with van der Waals surface area (Å²) < 4.78 is 56.2. The van der Waals surface area contributed by atoms with E-state index >= 15 is 4.39 Å². The number of rotatable bonds is 6. The van der Waals surface area contributed by atoms with E-state index in [9.17, 15) is 23.1 Å². The molecule has 30 heavy (non-hydrogen) atoms. The molecule has 1 N–H and O–H groups in total. The lowest BCUT2D eigenvalue weighted by atomic mass is 9.76. The first-order chi connectivity index (χ1) is 14.3. The number of benzene rings is 2. The van der Waals surface area contributed by atoms with Gasteiger partial charge in [0, 0.05) is 5.56 Å². The van der Waals surface area contributed by atoms with E-state index in [1.807, 2.05) is 0 Å². The minimum atomic E-state index is -1.64. The van der Waals surface area contributed by atoms with Gasteiger partial charge in [-0.1, -0.05) is 31.6 Å². The predicted octanol–water partition coefficient (Wildman–Crippen LogP) is 7.24. The van der Waals surface area contributed by atoms with E-state index < -0.39 is 34.8 Å². The summed E-state index contributed by atoms with van der Waals surface area (Å²) in [5.74, 6) is -6.72. The minimum absolute atomic E-state index is 0.0793. The van der Waals surface area contributed by atoms with Crippen molar-refractivity contribution in [3.8, 4) is 11.1 Å². The molecule has 2 aromatic carbocycles. The van der Waals surface area contributed by atoms with Crippen LogP contribution in [0.1, 0.15) is 67.3 Å². The molecule has 1 fully saturated rings. The van der Waals surface area contributed by atoms with Gasteiger partial charge in [-0.25, -0.2) is 22.4 Å². The number of allylic oxidation sites excluding steroid dienone is 2. The molecule has 0 amide bonds. The van der Waals surface area contributed by atoms with Crippen molar-refractivity contribution in [1.82, 2.24) is 0 Å². The van der Waals surface area contributed by atoms with Gasteiger partial charge in [0.25, 0.3) is 0 Å². The standard InChI is InChI=1S/C24H24F4O2/c1-2-3-4-5-14-6-8-15(9-7-14)17-10-11-18(24(29)30)22(27)21(17)16-12-19(25)23(28)20(26)13-16/h4-5,10-15H,2-3,6-9H2,1H3,(H,29,30)/b5-4+/t14-,15-. The number of halogens is 4. The second-order valence-electron chi connectivity index (χ2n) is 7.78. The van der Waals surface area contributed by atoms with E-state index in [0.29, 0.717) is 23.6 Å². The van der Waals surface area contributed by atoms with Crippen molar-refractivity contribution in [3.63, 3.8) is 0 Å². The van der Waals surface area contributed by atoms with Crippen LogP contribution in [-0.2, 0) is 0 Å². The highest BCUT2D eigenvalue weighted by Gasteiger charge is 2.28. The number of carboxylic acids is 1. The van der Waals surface area contributed by atoms with Crippen LogP contribution in [0.5, 0.6) is 0 Å². The van der Waals surface area contributed by atoms with Crippen molar-refractivity contribution in [2.45, 2.75) is 51.4 Å². The van der Waals surface area contributed by atoms with E-state index in [1.54, 1.807) is 0 Å². The van der Waals surface area contributed by atoms with Crippen LogP contribution >= 0.6 is 0 Å². The predicted molar refractivity (Wildman–Crippen MR) is 107 cm³/mol. The van der Waals surface area contributed by atoms with Gasteiger partial charge < -0.3 is 5.11 Å². The summed E-state index contributed by atoms with van der Waals surface area (Å²) in [6.45, 7) is 2.11. The Morgan fingerprint density at radius 3 is 2.23 bits per heavy atom. The highest BCUT2D eigenvalue weighted by Crippen LogP contribution is 2.42. The Morgan fingerprint density at radius 2 is 1.67 bits per heavy atom. The van der Waals surface area contributed by atoms with Crippen molar-refractivity contribution in [2.24, 2.45) is 5.92 Å². The van der Waals surface area contributed by atoms with Crippen LogP contribution in [0.25, 0.3) is 11.1 Å². The van der Waals surface area contributed by atoms with Gasteiger partial charge in [0.1, 0.15) is 5.82 Å². The molecule has 0 radical (unpaired) electrons. The second-order valence-corrected chi connectivity index (χ2v) is 7.78. The SMILES string of the molecule is CCC/C=C/[C@H]1CC[C@H](c2ccc(C(=O)O)c(F)c2-c2cc(F)c(F)c(F)c2)CC1. The van der Waals surface area contributed by atoms with Crippen molar-refractivity contribution < 1.29 is 27.5 Å². The van der Waals surface area contributed by atoms with Crippen molar-refractivity contribution in [1.29, 1.82) is 0 Å². The molecule has 3 rings (SSSR count). The van der Waals surface area contributed by atoms with Crippen LogP contribution in [-0.4, -0.2) is 11.1 Å². The lowest BCUT2D eigenvalue weighted by Gasteiger charge is -2.29. The Hall–Kier alpha value is -2.63. The molecule has 2 nitrogen and oxygen atoms in total. The summed E-state index contributed by atoms with van der Waals surface area (Å²) in [5, 5.41) is 9.27. The first kappa shape index (κ1) is 22.1. The highest BCUT2D eigenvalue weighted by atomic mass is 19.2. The van der Waals surface area contributed by atoms with Crippen molar-refractivity contribution >= 4 is 5.97 Å². The molecule has 0 spiro atoms. The van der Waals surface area contributed by atoms with Crippen LogP contribution in [0.3, 0.4) is 0 Å². The fourth-order valence-electron chi connectivity index (χ4n) is 4.17. The van der Waals surface area contributed by atoms with E-state index in [-0.39, 0.29) is 17.0 Å². The second kappa shape index (κ2) is 9.45. The highest BCUT2D eigenvalue weighted by molar-refractivity contribution is 5.90. The van der Waals surface area contributed by atoms with Gasteiger partial charge in [0.2, 0.25) is 0 Å². The van der Waals surface area contributed by atoms with Gasteiger partial charge in [-0.3, -0.25) is 0 Å². The Kier molecular flexibility index (Phi) is 6.95. The molecule has 0 heterocycles. The number of hydrogen-bond donors (Lipinski definition) is 1. The smallest absolute Gasteiger partial charge is 0.338 e. The number of hydrogen-bond acceptors (Lipinski definition) is 1. The quantitative estimate of drug-likeness (QED) is 0.304. The monoisotopic (exact) mass is 420 g/mol. The Morgan fingerprint density at radius 1 is 1.03 bits per heavy atom. The number of carbonyl (C=O) groups is 1. The molecule has 0 atom stereocenters. The van der Waals surface area contributed by atoms with Crippen LogP contribution in [0.2, 0.25) is 0 Å². The summed E-state index contributed by atoms with van der Waals surface area (Å²) in [5.41, 5.74) is -0.460. The van der Waals surface area contributed by atoms with Crippen molar-refractivity contribution in [2.75, 3.05) is 0 Å². The fourth-order valence-corrected chi connectivity index (χ4v) is 4.17. The Bertz CT molecular complexity index is 937. The summed E-state index contributed by atoms with van der Waals surface area (Å²) in [6, 6.07) is 4.12. The molecule has 6 heteroatoms. The molecule has 0 saturated heterocycles. The fraction of sp³-hybridized carbons (Fsp3) is 0.375. The maximum Gasteiger partial charge on any atom is 0.338 e. The molecule has 1 saturated carbocycles. The summed E-state index contributed by atoms with van der Waals surface area (Å²) in [4.78, 5) is 11.4. The van der Waals surface area contributed by atoms with E-state index in [0.717, 1.165) is 38.5 Å². The third kappa shape index (κ3) is 4.58. The normalized spacial score (nSPS) is 19.4. The maximum atomic E-state index is 15.1. The molecule has 2 aromatic rings. The van der Waals surface area contributed by atoms with E-state index in [1.165, 1.54) is 12.1 Å². The lowest BCUT2D eigenvalue weighted by Crippen LogP contribution is -2.14. The van der Waals surface area contributed by atoms with Gasteiger partial charge in [-0.05, 0) is 73.3 Å². The van der Waals surface area contributed by atoms with Crippen molar-refractivity contribution in [3.05, 3.63) is 70.8 Å². The molecule has 0 unspecified atom stereocenters. The molecule has 0 bridgehead atoms. The molecule has 0 aliphatic heterocycles. The van der Waals surface area contributed by atoms with Gasteiger partial charge in [0.05, 0.1) is 5.56 Å². The summed E-state index contributed by atoms with van der Waals surface area (Å²) >= 11 is 0. The Balaban J connectivity index is 2.00. The molecular formula is C24H24F4O2. The lowest BCUT2D eigenvalue weighted by molar-refractivity contribution is 0.0692. The zero-order chi connectivity index (χ0) is 21.8. The number of carboxylic acid groups (broad SMARTS) is 1. The molecule has 160 valence electrons. The summed E-state index contributed by atoms with van der Waals surface area (Å²) in [6.07, 6.45) is 9.74. The van der Waals surface area contributed by atoms with Gasteiger partial charge >= 0.3 is 5.97 Å². The molecule has 1 aliphatic carbocycles. The van der Waals surface area contributed by atoms with Gasteiger partial charge in [-0.2, -0.15) is 0 Å². The zero-order valence-corrected chi connectivity index (χ0v) is 16.7. The van der Waals surface area contributed by atoms with Crippen LogP contribution in [0.4, 0.5) is 17.6 Å². The third-order valence-electron chi connectivity index (χ3n) is 5.75.